The van der Waals surface area contributed by atoms with Gasteiger partial charge in [0.05, 0.1) is 20.2 Å². The Morgan fingerprint density at radius 3 is 2.10 bits per heavy atom. The number of aliphatic hydroxyl groups excluding tert-OH is 3. The Labute approximate surface area is 134 Å². The predicted octanol–water partition coefficient (Wildman–Crippen LogP) is -1.72. The van der Waals surface area contributed by atoms with Crippen LogP contribution in [0.1, 0.15) is 51.9 Å². The second-order valence-electron chi connectivity index (χ2n) is 6.31. The number of nitrogens with zero attached hydrogens (tertiary/aromatic N) is 1. The second kappa shape index (κ2) is 10.1. The van der Waals surface area contributed by atoms with E-state index in [1.807, 2.05) is 7.05 Å². The van der Waals surface area contributed by atoms with Gasteiger partial charge in [-0.3, -0.25) is 0 Å². The Morgan fingerprint density at radius 2 is 1.55 bits per heavy atom. The zero-order valence-electron chi connectivity index (χ0n) is 13.0. The van der Waals surface area contributed by atoms with E-state index in [9.17, 15) is 15.3 Å². The molecule has 0 aliphatic carbocycles. The third-order valence-corrected chi connectivity index (χ3v) is 4.65. The number of rotatable bonds is 9. The minimum Gasteiger partial charge on any atom is -1.00 e. The number of aliphatic hydroxyl groups is 3. The van der Waals surface area contributed by atoms with Crippen LogP contribution >= 0.6 is 0 Å². The summed E-state index contributed by atoms with van der Waals surface area (Å²) in [7, 11) is 2.04. The van der Waals surface area contributed by atoms with Crippen LogP contribution in [0.2, 0.25) is 0 Å². The normalized spacial score (nSPS) is 33.1. The molecule has 1 unspecified atom stereocenters. The lowest BCUT2D eigenvalue weighted by atomic mass is 10.1. The van der Waals surface area contributed by atoms with Gasteiger partial charge in [0.2, 0.25) is 0 Å². The second-order valence-corrected chi connectivity index (χ2v) is 6.31. The number of quaternary nitrogens is 1. The average molecular weight is 354 g/mol. The molecular formula is C15H32BrNO3. The van der Waals surface area contributed by atoms with Crippen LogP contribution in [0.25, 0.3) is 0 Å². The van der Waals surface area contributed by atoms with Crippen LogP contribution in [0.15, 0.2) is 0 Å². The van der Waals surface area contributed by atoms with E-state index in [0.717, 1.165) is 13.0 Å². The van der Waals surface area contributed by atoms with E-state index in [1.165, 1.54) is 38.5 Å². The summed E-state index contributed by atoms with van der Waals surface area (Å²) in [5.41, 5.74) is 0. The molecule has 20 heavy (non-hydrogen) atoms. The van der Waals surface area contributed by atoms with E-state index in [-0.39, 0.29) is 29.6 Å². The Balaban J connectivity index is 0.00000361. The Hall–Kier alpha value is 0.320. The molecule has 0 amide bonds. The molecular weight excluding hydrogens is 322 g/mol. The quantitative estimate of drug-likeness (QED) is 0.341. The number of unbranched alkanes of at least 4 members (excludes halogenated alkanes) is 6. The third kappa shape index (κ3) is 5.60. The number of halogens is 1. The molecule has 0 aromatic carbocycles. The monoisotopic (exact) mass is 353 g/mol. The van der Waals surface area contributed by atoms with Gasteiger partial charge in [-0.1, -0.05) is 39.0 Å². The van der Waals surface area contributed by atoms with Gasteiger partial charge in [-0.05, 0) is 12.8 Å². The SMILES string of the molecule is CCCCCCCCC[N+]1(C)C[C@H](O)[C@@H](O)[C@H]1CO.[Br-]. The molecule has 4 nitrogen and oxygen atoms in total. The fourth-order valence-corrected chi connectivity index (χ4v) is 3.29. The maximum Gasteiger partial charge on any atom is 0.141 e. The van der Waals surface area contributed by atoms with Gasteiger partial charge in [0.15, 0.2) is 0 Å². The lowest BCUT2D eigenvalue weighted by molar-refractivity contribution is -0.924. The molecule has 0 saturated carbocycles. The summed E-state index contributed by atoms with van der Waals surface area (Å²) in [4.78, 5) is 0. The first-order valence-corrected chi connectivity index (χ1v) is 7.86. The Bertz CT molecular complexity index is 255. The molecule has 4 atom stereocenters. The molecule has 1 heterocycles. The van der Waals surface area contributed by atoms with Gasteiger partial charge in [0, 0.05) is 0 Å². The van der Waals surface area contributed by atoms with Crippen LogP contribution in [0.4, 0.5) is 0 Å². The maximum atomic E-state index is 9.87. The van der Waals surface area contributed by atoms with Gasteiger partial charge in [-0.2, -0.15) is 0 Å². The summed E-state index contributed by atoms with van der Waals surface area (Å²) in [5, 5.41) is 29.0. The van der Waals surface area contributed by atoms with E-state index >= 15 is 0 Å². The summed E-state index contributed by atoms with van der Waals surface area (Å²) in [6.45, 7) is 3.67. The molecule has 1 aliphatic rings. The van der Waals surface area contributed by atoms with Crippen molar-refractivity contribution in [3.05, 3.63) is 0 Å². The van der Waals surface area contributed by atoms with Gasteiger partial charge in [0.25, 0.3) is 0 Å². The molecule has 0 bridgehead atoms. The molecule has 122 valence electrons. The molecule has 5 heteroatoms. The van der Waals surface area contributed by atoms with Crippen molar-refractivity contribution in [2.24, 2.45) is 0 Å². The van der Waals surface area contributed by atoms with Crippen molar-refractivity contribution in [1.29, 1.82) is 0 Å². The third-order valence-electron chi connectivity index (χ3n) is 4.65. The molecule has 0 radical (unpaired) electrons. The first-order chi connectivity index (χ1) is 9.05. The highest BCUT2D eigenvalue weighted by atomic mass is 79.9. The first kappa shape index (κ1) is 20.3. The molecule has 1 aliphatic heterocycles. The van der Waals surface area contributed by atoms with Crippen molar-refractivity contribution < 1.29 is 36.8 Å². The van der Waals surface area contributed by atoms with Crippen LogP contribution in [0.5, 0.6) is 0 Å². The Morgan fingerprint density at radius 1 is 1.00 bits per heavy atom. The van der Waals surface area contributed by atoms with Gasteiger partial charge < -0.3 is 36.8 Å². The molecule has 0 spiro atoms. The summed E-state index contributed by atoms with van der Waals surface area (Å²) < 4.78 is 0.605. The highest BCUT2D eigenvalue weighted by molar-refractivity contribution is 4.83. The van der Waals surface area contributed by atoms with Gasteiger partial charge in [-0.15, -0.1) is 0 Å². The largest absolute Gasteiger partial charge is 1.00 e. The van der Waals surface area contributed by atoms with E-state index in [0.29, 0.717) is 11.0 Å². The molecule has 0 aromatic heterocycles. The number of hydrogen-bond acceptors (Lipinski definition) is 3. The summed E-state index contributed by atoms with van der Waals surface area (Å²) in [6.07, 6.45) is 7.38. The number of hydrogen-bond donors (Lipinski definition) is 3. The van der Waals surface area contributed by atoms with Crippen molar-refractivity contribution in [2.75, 3.05) is 26.7 Å². The van der Waals surface area contributed by atoms with Crippen molar-refractivity contribution in [2.45, 2.75) is 70.1 Å². The lowest BCUT2D eigenvalue weighted by Gasteiger charge is -2.35. The lowest BCUT2D eigenvalue weighted by Crippen LogP contribution is -3.00. The highest BCUT2D eigenvalue weighted by Gasteiger charge is 2.49. The summed E-state index contributed by atoms with van der Waals surface area (Å²) in [6, 6.07) is -0.227. The van der Waals surface area contributed by atoms with Crippen molar-refractivity contribution in [3.8, 4) is 0 Å². The number of likely N-dealkylation sites (tertiary alicyclic amines) is 1. The van der Waals surface area contributed by atoms with Gasteiger partial charge >= 0.3 is 0 Å². The molecule has 0 aromatic rings. The van der Waals surface area contributed by atoms with Crippen molar-refractivity contribution >= 4 is 0 Å². The van der Waals surface area contributed by atoms with Crippen molar-refractivity contribution in [1.82, 2.24) is 0 Å². The van der Waals surface area contributed by atoms with Crippen molar-refractivity contribution in [3.63, 3.8) is 0 Å². The van der Waals surface area contributed by atoms with E-state index < -0.39 is 12.2 Å². The zero-order chi connectivity index (χ0) is 14.3. The van der Waals surface area contributed by atoms with Crippen LogP contribution in [0, 0.1) is 0 Å². The van der Waals surface area contributed by atoms with Crippen LogP contribution in [-0.4, -0.2) is 64.8 Å². The summed E-state index contributed by atoms with van der Waals surface area (Å²) in [5.74, 6) is 0. The van der Waals surface area contributed by atoms with Gasteiger partial charge in [-0.25, -0.2) is 0 Å². The maximum absolute atomic E-state index is 9.87. The van der Waals surface area contributed by atoms with Gasteiger partial charge in [0.1, 0.15) is 24.8 Å². The van der Waals surface area contributed by atoms with E-state index in [2.05, 4.69) is 6.92 Å². The highest BCUT2D eigenvalue weighted by Crippen LogP contribution is 2.26. The van der Waals surface area contributed by atoms with Crippen LogP contribution in [0.3, 0.4) is 0 Å². The van der Waals surface area contributed by atoms with E-state index in [4.69, 9.17) is 0 Å². The molecule has 1 saturated heterocycles. The first-order valence-electron chi connectivity index (χ1n) is 7.86. The minimum absolute atomic E-state index is 0. The fraction of sp³-hybridized carbons (Fsp3) is 1.00. The number of likely N-dealkylation sites (N-methyl/N-ethyl adjacent to an activating group) is 1. The topological polar surface area (TPSA) is 60.7 Å². The average Bonchev–Trinajstić information content (AvgIpc) is 2.59. The fourth-order valence-electron chi connectivity index (χ4n) is 3.29. The zero-order valence-corrected chi connectivity index (χ0v) is 14.6. The molecule has 3 N–H and O–H groups in total. The van der Waals surface area contributed by atoms with Crippen LogP contribution < -0.4 is 17.0 Å². The van der Waals surface area contributed by atoms with E-state index in [1.54, 1.807) is 0 Å². The van der Waals surface area contributed by atoms with Crippen LogP contribution in [-0.2, 0) is 0 Å². The smallest absolute Gasteiger partial charge is 0.141 e. The minimum atomic E-state index is -0.778. The summed E-state index contributed by atoms with van der Waals surface area (Å²) >= 11 is 0. The molecule has 1 fully saturated rings. The Kier molecular flexibility index (Phi) is 10.3. The standard InChI is InChI=1S/C15H32NO3.BrH/c1-3-4-5-6-7-8-9-10-16(2)11-14(18)15(19)13(16)12-17;/h13-15,17-19H,3-12H2,1-2H3;1H/q+1;/p-1/t13-,14+,15+,16?;/m1./s1. The molecule has 1 rings (SSSR count). The predicted molar refractivity (Wildman–Crippen MR) is 76.8 cm³/mol.